The quantitative estimate of drug-likeness (QED) is 0.664. The van der Waals surface area contributed by atoms with Crippen LogP contribution in [0.1, 0.15) is 26.7 Å². The maximum Gasteiger partial charge on any atom is 0.279 e. The molecule has 0 fully saturated rings. The van der Waals surface area contributed by atoms with E-state index < -0.39 is 15.8 Å². The molecule has 5 nitrogen and oxygen atoms in total. The van der Waals surface area contributed by atoms with Crippen LogP contribution < -0.4 is 4.72 Å². The van der Waals surface area contributed by atoms with E-state index in [1.807, 2.05) is 6.92 Å². The number of nitrogens with one attached hydrogen (secondary N) is 1. The van der Waals surface area contributed by atoms with Gasteiger partial charge in [0.25, 0.3) is 10.2 Å². The Morgan fingerprint density at radius 3 is 2.29 bits per heavy atom. The molecule has 14 heavy (non-hydrogen) atoms. The van der Waals surface area contributed by atoms with E-state index in [1.54, 1.807) is 6.92 Å². The number of hydrogen-bond acceptors (Lipinski definition) is 3. The highest BCUT2D eigenvalue weighted by molar-refractivity contribution is 7.87. The minimum absolute atomic E-state index is 0.0430. The summed E-state index contributed by atoms with van der Waals surface area (Å²) in [5.41, 5.74) is -0.974. The van der Waals surface area contributed by atoms with Crippen LogP contribution in [0, 0.1) is 0 Å². The lowest BCUT2D eigenvalue weighted by atomic mass is 10.0. The van der Waals surface area contributed by atoms with Crippen LogP contribution in [0.4, 0.5) is 0 Å². The molecule has 0 radical (unpaired) electrons. The lowest BCUT2D eigenvalue weighted by molar-refractivity contribution is 0.0551. The van der Waals surface area contributed by atoms with E-state index in [9.17, 15) is 13.5 Å². The van der Waals surface area contributed by atoms with Gasteiger partial charge in [-0.25, -0.2) is 0 Å². The molecule has 0 aromatic rings. The van der Waals surface area contributed by atoms with Gasteiger partial charge in [-0.05, 0) is 13.3 Å². The van der Waals surface area contributed by atoms with Crippen molar-refractivity contribution in [1.29, 1.82) is 0 Å². The van der Waals surface area contributed by atoms with Crippen LogP contribution in [0.2, 0.25) is 0 Å². The number of aliphatic hydroxyl groups is 1. The summed E-state index contributed by atoms with van der Waals surface area (Å²) in [6, 6.07) is 0. The largest absolute Gasteiger partial charge is 0.389 e. The van der Waals surface area contributed by atoms with Crippen molar-refractivity contribution < 1.29 is 13.5 Å². The molecular weight excluding hydrogens is 204 g/mol. The molecule has 0 saturated carbocycles. The molecule has 6 heteroatoms. The van der Waals surface area contributed by atoms with Gasteiger partial charge in [-0.3, -0.25) is 0 Å². The molecule has 0 heterocycles. The van der Waals surface area contributed by atoms with Crippen molar-refractivity contribution in [2.24, 2.45) is 0 Å². The molecule has 0 spiro atoms. The Morgan fingerprint density at radius 2 is 1.93 bits per heavy atom. The highest BCUT2D eigenvalue weighted by Gasteiger charge is 2.22. The molecule has 0 rings (SSSR count). The summed E-state index contributed by atoms with van der Waals surface area (Å²) < 4.78 is 26.0. The highest BCUT2D eigenvalue weighted by Crippen LogP contribution is 2.10. The van der Waals surface area contributed by atoms with Crippen molar-refractivity contribution >= 4 is 10.2 Å². The molecule has 0 amide bonds. The fourth-order valence-electron chi connectivity index (χ4n) is 1.00. The highest BCUT2D eigenvalue weighted by atomic mass is 32.2. The summed E-state index contributed by atoms with van der Waals surface area (Å²) in [6.07, 6.45) is 1.39. The minimum atomic E-state index is -3.43. The van der Waals surface area contributed by atoms with Gasteiger partial charge in [-0.1, -0.05) is 13.3 Å². The van der Waals surface area contributed by atoms with Crippen LogP contribution in [0.25, 0.3) is 0 Å². The Labute approximate surface area is 86.3 Å². The summed E-state index contributed by atoms with van der Waals surface area (Å²) in [5.74, 6) is 0. The van der Waals surface area contributed by atoms with Gasteiger partial charge in [0.15, 0.2) is 0 Å². The molecule has 0 aliphatic rings. The maximum atomic E-state index is 11.3. The molecule has 2 N–H and O–H groups in total. The Bertz CT molecular complexity index is 260. The Morgan fingerprint density at radius 1 is 1.43 bits per heavy atom. The summed E-state index contributed by atoms with van der Waals surface area (Å²) in [5, 5.41) is 9.71. The van der Waals surface area contributed by atoms with E-state index >= 15 is 0 Å². The first kappa shape index (κ1) is 13.8. The van der Waals surface area contributed by atoms with Gasteiger partial charge in [0.05, 0.1) is 5.60 Å². The third-order valence-electron chi connectivity index (χ3n) is 1.90. The lowest BCUT2D eigenvalue weighted by Gasteiger charge is -2.23. The van der Waals surface area contributed by atoms with Gasteiger partial charge in [-0.15, -0.1) is 0 Å². The van der Waals surface area contributed by atoms with E-state index in [4.69, 9.17) is 0 Å². The predicted octanol–water partition coefficient (Wildman–Crippen LogP) is -0.0665. The summed E-state index contributed by atoms with van der Waals surface area (Å²) in [7, 11) is -0.544. The SMILES string of the molecule is CCCC(C)(O)CNS(=O)(=O)N(C)C. The molecule has 1 unspecified atom stereocenters. The summed E-state index contributed by atoms with van der Waals surface area (Å²) in [4.78, 5) is 0. The van der Waals surface area contributed by atoms with Gasteiger partial charge in [-0.2, -0.15) is 17.4 Å². The zero-order chi connectivity index (χ0) is 11.4. The van der Waals surface area contributed by atoms with Crippen LogP contribution in [-0.4, -0.2) is 44.1 Å². The number of rotatable bonds is 6. The average Bonchev–Trinajstić information content (AvgIpc) is 2.01. The van der Waals surface area contributed by atoms with Crippen LogP contribution in [0.15, 0.2) is 0 Å². The average molecular weight is 224 g/mol. The predicted molar refractivity (Wildman–Crippen MR) is 56.1 cm³/mol. The normalized spacial score (nSPS) is 17.0. The molecule has 1 atom stereocenters. The van der Waals surface area contributed by atoms with Crippen molar-refractivity contribution in [3.63, 3.8) is 0 Å². The fourth-order valence-corrected chi connectivity index (χ4v) is 1.75. The standard InChI is InChI=1S/C8H20N2O3S/c1-5-6-8(2,11)7-9-14(12,13)10(3)4/h9,11H,5-7H2,1-4H3. The van der Waals surface area contributed by atoms with Gasteiger partial charge in [0.1, 0.15) is 0 Å². The second-order valence-corrected chi connectivity index (χ2v) is 5.82. The fraction of sp³-hybridized carbons (Fsp3) is 1.00. The Kier molecular flexibility index (Phi) is 5.00. The zero-order valence-electron chi connectivity index (χ0n) is 9.24. The van der Waals surface area contributed by atoms with E-state index in [-0.39, 0.29) is 6.54 Å². The van der Waals surface area contributed by atoms with Gasteiger partial charge >= 0.3 is 0 Å². The Balaban J connectivity index is 4.19. The van der Waals surface area contributed by atoms with Crippen molar-refractivity contribution in [2.45, 2.75) is 32.3 Å². The number of hydrogen-bond donors (Lipinski definition) is 2. The monoisotopic (exact) mass is 224 g/mol. The van der Waals surface area contributed by atoms with Gasteiger partial charge in [0.2, 0.25) is 0 Å². The molecule has 0 bridgehead atoms. The third kappa shape index (κ3) is 4.90. The van der Waals surface area contributed by atoms with E-state index in [0.717, 1.165) is 10.7 Å². The van der Waals surface area contributed by atoms with E-state index in [2.05, 4.69) is 4.72 Å². The van der Waals surface area contributed by atoms with E-state index in [0.29, 0.717) is 6.42 Å². The molecular formula is C8H20N2O3S. The summed E-state index contributed by atoms with van der Waals surface area (Å²) >= 11 is 0. The van der Waals surface area contributed by atoms with Crippen LogP contribution >= 0.6 is 0 Å². The molecule has 86 valence electrons. The third-order valence-corrected chi connectivity index (χ3v) is 3.38. The first-order chi connectivity index (χ1) is 6.21. The first-order valence-electron chi connectivity index (χ1n) is 4.61. The van der Waals surface area contributed by atoms with Crippen molar-refractivity contribution in [3.05, 3.63) is 0 Å². The topological polar surface area (TPSA) is 69.6 Å². The smallest absolute Gasteiger partial charge is 0.279 e. The molecule has 0 aliphatic heterocycles. The van der Waals surface area contributed by atoms with Crippen molar-refractivity contribution in [3.8, 4) is 0 Å². The van der Waals surface area contributed by atoms with Gasteiger partial charge < -0.3 is 5.11 Å². The molecule has 0 aromatic carbocycles. The van der Waals surface area contributed by atoms with Crippen LogP contribution in [0.3, 0.4) is 0 Å². The zero-order valence-corrected chi connectivity index (χ0v) is 10.1. The van der Waals surface area contributed by atoms with Crippen molar-refractivity contribution in [1.82, 2.24) is 9.03 Å². The molecule has 0 aromatic heterocycles. The summed E-state index contributed by atoms with van der Waals surface area (Å²) in [6.45, 7) is 3.60. The van der Waals surface area contributed by atoms with Crippen LogP contribution in [-0.2, 0) is 10.2 Å². The second kappa shape index (κ2) is 5.06. The van der Waals surface area contributed by atoms with Crippen molar-refractivity contribution in [2.75, 3.05) is 20.6 Å². The van der Waals surface area contributed by atoms with Crippen LogP contribution in [0.5, 0.6) is 0 Å². The lowest BCUT2D eigenvalue weighted by Crippen LogP contribution is -2.44. The minimum Gasteiger partial charge on any atom is -0.389 e. The second-order valence-electron chi connectivity index (χ2n) is 3.86. The molecule has 0 aliphatic carbocycles. The number of nitrogens with zero attached hydrogens (tertiary/aromatic N) is 1. The molecule has 0 saturated heterocycles. The maximum absolute atomic E-state index is 11.3. The van der Waals surface area contributed by atoms with Gasteiger partial charge in [0, 0.05) is 20.6 Å². The first-order valence-corrected chi connectivity index (χ1v) is 6.05. The Hall–Kier alpha value is -0.170. The van der Waals surface area contributed by atoms with E-state index in [1.165, 1.54) is 14.1 Å².